The summed E-state index contributed by atoms with van der Waals surface area (Å²) >= 11 is 6.31. The van der Waals surface area contributed by atoms with Crippen LogP contribution in [0.3, 0.4) is 0 Å². The Kier molecular flexibility index (Phi) is 8.22. The molecule has 0 aromatic heterocycles. The van der Waals surface area contributed by atoms with Gasteiger partial charge in [0, 0.05) is 55.4 Å². The van der Waals surface area contributed by atoms with E-state index in [0.29, 0.717) is 12.1 Å². The third-order valence-electron chi connectivity index (χ3n) is 6.37. The molecular formula is C23H37ClN4O. The molecule has 0 aliphatic carbocycles. The van der Waals surface area contributed by atoms with Crippen molar-refractivity contribution in [2.45, 2.75) is 64.0 Å². The minimum Gasteiger partial charge on any atom is -0.381 e. The summed E-state index contributed by atoms with van der Waals surface area (Å²) < 4.78 is 5.66. The first kappa shape index (κ1) is 22.4. The summed E-state index contributed by atoms with van der Waals surface area (Å²) in [7, 11) is 0. The monoisotopic (exact) mass is 420 g/mol. The molecule has 0 spiro atoms. The van der Waals surface area contributed by atoms with Gasteiger partial charge in [0.15, 0.2) is 5.96 Å². The standard InChI is InChI=1S/C23H37ClN4O/c1-4-25-22(27-21-8-12-28(13-9-21)18(2)3)26-17-23(10-14-29-15-11-23)19-6-5-7-20(24)16-19/h5-7,16,18,21H,4,8-15,17H2,1-3H3,(H2,25,26,27). The number of likely N-dealkylation sites (tertiary alicyclic amines) is 1. The van der Waals surface area contributed by atoms with Gasteiger partial charge in [-0.2, -0.15) is 0 Å². The molecule has 162 valence electrons. The van der Waals surface area contributed by atoms with E-state index in [1.165, 1.54) is 5.56 Å². The van der Waals surface area contributed by atoms with E-state index in [1.54, 1.807) is 0 Å². The molecule has 2 N–H and O–H groups in total. The number of nitrogens with one attached hydrogen (secondary N) is 2. The van der Waals surface area contributed by atoms with Gasteiger partial charge in [-0.25, -0.2) is 0 Å². The second-order valence-electron chi connectivity index (χ2n) is 8.65. The Balaban J connectivity index is 1.70. The number of rotatable bonds is 6. The molecule has 0 bridgehead atoms. The van der Waals surface area contributed by atoms with Gasteiger partial charge in [-0.1, -0.05) is 23.7 Å². The van der Waals surface area contributed by atoms with Crippen molar-refractivity contribution in [2.75, 3.05) is 39.4 Å². The molecule has 3 rings (SSSR count). The summed E-state index contributed by atoms with van der Waals surface area (Å²) in [5.41, 5.74) is 1.27. The van der Waals surface area contributed by atoms with Crippen molar-refractivity contribution in [3.63, 3.8) is 0 Å². The molecule has 2 heterocycles. The van der Waals surface area contributed by atoms with E-state index in [-0.39, 0.29) is 5.41 Å². The van der Waals surface area contributed by atoms with E-state index in [0.717, 1.165) is 76.1 Å². The minimum atomic E-state index is -0.00743. The summed E-state index contributed by atoms with van der Waals surface area (Å²) in [5, 5.41) is 7.93. The van der Waals surface area contributed by atoms with Gasteiger partial charge >= 0.3 is 0 Å². The highest BCUT2D eigenvalue weighted by atomic mass is 35.5. The molecular weight excluding hydrogens is 384 g/mol. The van der Waals surface area contributed by atoms with Crippen LogP contribution in [0.2, 0.25) is 5.02 Å². The number of piperidine rings is 1. The zero-order valence-corrected chi connectivity index (χ0v) is 19.0. The van der Waals surface area contributed by atoms with Crippen LogP contribution in [0.15, 0.2) is 29.3 Å². The van der Waals surface area contributed by atoms with Crippen LogP contribution < -0.4 is 10.6 Å². The van der Waals surface area contributed by atoms with Crippen LogP contribution in [0.25, 0.3) is 0 Å². The first-order valence-corrected chi connectivity index (χ1v) is 11.5. The maximum absolute atomic E-state index is 6.31. The van der Waals surface area contributed by atoms with Gasteiger partial charge < -0.3 is 20.3 Å². The maximum Gasteiger partial charge on any atom is 0.191 e. The van der Waals surface area contributed by atoms with Gasteiger partial charge in [-0.05, 0) is 64.2 Å². The Labute approximate surface area is 181 Å². The first-order chi connectivity index (χ1) is 14.0. The van der Waals surface area contributed by atoms with Crippen LogP contribution in [-0.2, 0) is 10.2 Å². The lowest BCUT2D eigenvalue weighted by molar-refractivity contribution is 0.0531. The number of ether oxygens (including phenoxy) is 1. The normalized spacial score (nSPS) is 21.3. The summed E-state index contributed by atoms with van der Waals surface area (Å²) in [6, 6.07) is 9.39. The molecule has 2 fully saturated rings. The first-order valence-electron chi connectivity index (χ1n) is 11.1. The van der Waals surface area contributed by atoms with Crippen molar-refractivity contribution in [3.05, 3.63) is 34.9 Å². The van der Waals surface area contributed by atoms with Crippen LogP contribution in [0.1, 0.15) is 52.0 Å². The summed E-state index contributed by atoms with van der Waals surface area (Å²) in [6.07, 6.45) is 4.28. The molecule has 0 atom stereocenters. The second kappa shape index (κ2) is 10.6. The van der Waals surface area contributed by atoms with Crippen LogP contribution >= 0.6 is 11.6 Å². The molecule has 1 aromatic carbocycles. The average Bonchev–Trinajstić information content (AvgIpc) is 2.73. The Hall–Kier alpha value is -1.30. The van der Waals surface area contributed by atoms with E-state index in [1.807, 2.05) is 12.1 Å². The van der Waals surface area contributed by atoms with Crippen LogP contribution in [0.4, 0.5) is 0 Å². The van der Waals surface area contributed by atoms with Gasteiger partial charge in [0.1, 0.15) is 0 Å². The van der Waals surface area contributed by atoms with Gasteiger partial charge in [0.2, 0.25) is 0 Å². The Bertz CT molecular complexity index is 665. The molecule has 29 heavy (non-hydrogen) atoms. The van der Waals surface area contributed by atoms with Crippen LogP contribution in [-0.4, -0.2) is 62.3 Å². The summed E-state index contributed by atoms with van der Waals surface area (Å²) in [4.78, 5) is 7.60. The largest absolute Gasteiger partial charge is 0.381 e. The van der Waals surface area contributed by atoms with Gasteiger partial charge in [-0.3, -0.25) is 4.99 Å². The molecule has 1 aromatic rings. The molecule has 2 aliphatic heterocycles. The van der Waals surface area contributed by atoms with Crippen molar-refractivity contribution in [2.24, 2.45) is 4.99 Å². The molecule has 0 radical (unpaired) electrons. The molecule has 0 unspecified atom stereocenters. The van der Waals surface area contributed by atoms with Crippen molar-refractivity contribution in [3.8, 4) is 0 Å². The van der Waals surface area contributed by atoms with E-state index in [2.05, 4.69) is 48.4 Å². The van der Waals surface area contributed by atoms with Crippen molar-refractivity contribution in [1.82, 2.24) is 15.5 Å². The third-order valence-corrected chi connectivity index (χ3v) is 6.61. The van der Waals surface area contributed by atoms with E-state index in [9.17, 15) is 0 Å². The highest BCUT2D eigenvalue weighted by molar-refractivity contribution is 6.30. The smallest absolute Gasteiger partial charge is 0.191 e. The van der Waals surface area contributed by atoms with E-state index in [4.69, 9.17) is 21.3 Å². The van der Waals surface area contributed by atoms with Gasteiger partial charge in [0.05, 0.1) is 6.54 Å². The van der Waals surface area contributed by atoms with E-state index >= 15 is 0 Å². The zero-order valence-electron chi connectivity index (χ0n) is 18.2. The quantitative estimate of drug-likeness (QED) is 0.542. The Morgan fingerprint density at radius 2 is 2.00 bits per heavy atom. The highest BCUT2D eigenvalue weighted by Crippen LogP contribution is 2.36. The lowest BCUT2D eigenvalue weighted by Gasteiger charge is -2.37. The fourth-order valence-electron chi connectivity index (χ4n) is 4.42. The number of hydrogen-bond donors (Lipinski definition) is 2. The van der Waals surface area contributed by atoms with Crippen molar-refractivity contribution >= 4 is 17.6 Å². The molecule has 6 heteroatoms. The zero-order chi connectivity index (χ0) is 20.7. The predicted octanol–water partition coefficient (Wildman–Crippen LogP) is 3.82. The van der Waals surface area contributed by atoms with Gasteiger partial charge in [0.25, 0.3) is 0 Å². The van der Waals surface area contributed by atoms with Gasteiger partial charge in [-0.15, -0.1) is 0 Å². The third kappa shape index (κ3) is 6.09. The molecule has 0 amide bonds. The summed E-state index contributed by atoms with van der Waals surface area (Å²) in [5.74, 6) is 0.934. The van der Waals surface area contributed by atoms with Crippen molar-refractivity contribution < 1.29 is 4.74 Å². The molecule has 5 nitrogen and oxygen atoms in total. The Morgan fingerprint density at radius 3 is 2.62 bits per heavy atom. The number of aliphatic imine (C=N–C) groups is 1. The second-order valence-corrected chi connectivity index (χ2v) is 9.08. The lowest BCUT2D eigenvalue weighted by atomic mass is 9.74. The predicted molar refractivity (Wildman–Crippen MR) is 122 cm³/mol. The average molecular weight is 421 g/mol. The number of guanidine groups is 1. The number of hydrogen-bond acceptors (Lipinski definition) is 3. The number of benzene rings is 1. The fraction of sp³-hybridized carbons (Fsp3) is 0.696. The number of nitrogens with zero attached hydrogens (tertiary/aromatic N) is 2. The molecule has 0 saturated carbocycles. The van der Waals surface area contributed by atoms with Crippen LogP contribution in [0.5, 0.6) is 0 Å². The summed E-state index contributed by atoms with van der Waals surface area (Å²) in [6.45, 7) is 12.2. The SMILES string of the molecule is CCNC(=NCC1(c2cccc(Cl)c2)CCOCC1)NC1CCN(C(C)C)CC1. The number of halogens is 1. The highest BCUT2D eigenvalue weighted by Gasteiger charge is 2.35. The topological polar surface area (TPSA) is 48.9 Å². The fourth-order valence-corrected chi connectivity index (χ4v) is 4.61. The Morgan fingerprint density at radius 1 is 1.28 bits per heavy atom. The molecule has 2 saturated heterocycles. The molecule has 2 aliphatic rings. The maximum atomic E-state index is 6.31. The van der Waals surface area contributed by atoms with E-state index < -0.39 is 0 Å². The van der Waals surface area contributed by atoms with Crippen molar-refractivity contribution in [1.29, 1.82) is 0 Å². The minimum absolute atomic E-state index is 0.00743. The lowest BCUT2D eigenvalue weighted by Crippen LogP contribution is -2.50. The van der Waals surface area contributed by atoms with Crippen LogP contribution in [0, 0.1) is 0 Å².